The summed E-state index contributed by atoms with van der Waals surface area (Å²) in [5, 5.41) is 36.9. The van der Waals surface area contributed by atoms with E-state index in [1.807, 2.05) is 0 Å². The first-order valence-corrected chi connectivity index (χ1v) is 3.93. The van der Waals surface area contributed by atoms with Crippen LogP contribution in [0.15, 0.2) is 0 Å². The number of aliphatic hydroxyl groups is 4. The van der Waals surface area contributed by atoms with E-state index in [1.54, 1.807) is 0 Å². The molecule has 6 nitrogen and oxygen atoms in total. The normalized spacial score (nSPS) is 46.0. The molecule has 1 aliphatic carbocycles. The number of carbonyl (C=O) groups is 1. The minimum Gasteiger partial charge on any atom is -0.390 e. The summed E-state index contributed by atoms with van der Waals surface area (Å²) in [4.78, 5) is 10.7. The van der Waals surface area contributed by atoms with Crippen LogP contribution in [0.2, 0.25) is 0 Å². The van der Waals surface area contributed by atoms with Crippen LogP contribution in [0.1, 0.15) is 12.8 Å². The molecule has 0 aromatic carbocycles. The number of carbonyl (C=O) groups excluding carboxylic acids is 1. The average Bonchev–Trinajstić information content (AvgIpc) is 2.00. The van der Waals surface area contributed by atoms with Crippen LogP contribution >= 0.6 is 0 Å². The molecule has 0 bridgehead atoms. The van der Waals surface area contributed by atoms with Gasteiger partial charge in [0, 0.05) is 12.8 Å². The van der Waals surface area contributed by atoms with Crippen molar-refractivity contribution in [2.75, 3.05) is 0 Å². The van der Waals surface area contributed by atoms with Crippen molar-refractivity contribution in [3.63, 3.8) is 0 Å². The summed E-state index contributed by atoms with van der Waals surface area (Å²) in [7, 11) is 0. The molecule has 1 aliphatic rings. The Bertz CT molecular complexity index is 207. The molecule has 0 radical (unpaired) electrons. The van der Waals surface area contributed by atoms with Crippen molar-refractivity contribution < 1.29 is 25.2 Å². The molecule has 76 valence electrons. The maximum Gasteiger partial charge on any atom is 0.249 e. The molecule has 6 heteroatoms. The van der Waals surface area contributed by atoms with Crippen LogP contribution in [0, 0.1) is 0 Å². The van der Waals surface area contributed by atoms with Gasteiger partial charge in [-0.3, -0.25) is 4.79 Å². The maximum atomic E-state index is 10.7. The second kappa shape index (κ2) is 3.22. The van der Waals surface area contributed by atoms with E-state index in [2.05, 4.69) is 0 Å². The molecule has 0 spiro atoms. The van der Waals surface area contributed by atoms with Crippen LogP contribution in [0.3, 0.4) is 0 Å². The van der Waals surface area contributed by atoms with Crippen LogP contribution in [-0.4, -0.2) is 50.2 Å². The third-order valence-electron chi connectivity index (χ3n) is 2.34. The van der Waals surface area contributed by atoms with E-state index in [1.165, 1.54) is 0 Å². The van der Waals surface area contributed by atoms with Gasteiger partial charge < -0.3 is 26.2 Å². The molecular formula is C7H13NO5. The number of aliphatic hydroxyl groups excluding tert-OH is 3. The molecule has 1 rings (SSSR count). The zero-order valence-electron chi connectivity index (χ0n) is 6.92. The van der Waals surface area contributed by atoms with Crippen molar-refractivity contribution >= 4 is 5.91 Å². The Morgan fingerprint density at radius 3 is 1.92 bits per heavy atom. The zero-order valence-corrected chi connectivity index (χ0v) is 6.92. The fourth-order valence-corrected chi connectivity index (χ4v) is 1.47. The fraction of sp³-hybridized carbons (Fsp3) is 0.857. The Balaban J connectivity index is 2.79. The van der Waals surface area contributed by atoms with Gasteiger partial charge in [0.25, 0.3) is 0 Å². The Morgan fingerprint density at radius 1 is 1.23 bits per heavy atom. The Labute approximate surface area is 74.6 Å². The van der Waals surface area contributed by atoms with Crippen molar-refractivity contribution in [3.05, 3.63) is 0 Å². The number of rotatable bonds is 1. The summed E-state index contributed by atoms with van der Waals surface area (Å²) < 4.78 is 0. The van der Waals surface area contributed by atoms with E-state index in [0.29, 0.717) is 0 Å². The predicted molar refractivity (Wildman–Crippen MR) is 41.4 cm³/mol. The number of nitrogens with two attached hydrogens (primary N) is 1. The van der Waals surface area contributed by atoms with Crippen LogP contribution < -0.4 is 5.73 Å². The highest BCUT2D eigenvalue weighted by molar-refractivity contribution is 5.83. The Hall–Kier alpha value is -0.690. The largest absolute Gasteiger partial charge is 0.390 e. The van der Waals surface area contributed by atoms with Crippen LogP contribution in [0.4, 0.5) is 0 Å². The van der Waals surface area contributed by atoms with Gasteiger partial charge in [-0.15, -0.1) is 0 Å². The number of hydrogen-bond donors (Lipinski definition) is 5. The van der Waals surface area contributed by atoms with E-state index in [4.69, 9.17) is 21.1 Å². The monoisotopic (exact) mass is 191 g/mol. The number of primary amides is 1. The van der Waals surface area contributed by atoms with E-state index in [9.17, 15) is 9.90 Å². The summed E-state index contributed by atoms with van der Waals surface area (Å²) in [6.45, 7) is 0. The second-order valence-corrected chi connectivity index (χ2v) is 3.43. The fourth-order valence-electron chi connectivity index (χ4n) is 1.47. The van der Waals surface area contributed by atoms with Crippen molar-refractivity contribution in [1.29, 1.82) is 0 Å². The van der Waals surface area contributed by atoms with Gasteiger partial charge in [0.1, 0.15) is 11.7 Å². The highest BCUT2D eigenvalue weighted by Gasteiger charge is 2.47. The lowest BCUT2D eigenvalue weighted by molar-refractivity contribution is -0.170. The average molecular weight is 191 g/mol. The molecule has 1 saturated carbocycles. The Morgan fingerprint density at radius 2 is 1.62 bits per heavy atom. The first-order chi connectivity index (χ1) is 5.87. The van der Waals surface area contributed by atoms with Crippen molar-refractivity contribution in [2.45, 2.75) is 36.8 Å². The van der Waals surface area contributed by atoms with Crippen molar-refractivity contribution in [1.82, 2.24) is 0 Å². The number of amides is 1. The standard InChI is InChI=1S/C7H13NO5/c8-6(12)7(13)1-3(9)5(11)4(10)2-7/h3-5,9-11,13H,1-2H2,(H2,8,12). The van der Waals surface area contributed by atoms with Gasteiger partial charge >= 0.3 is 0 Å². The van der Waals surface area contributed by atoms with Gasteiger partial charge in [-0.2, -0.15) is 0 Å². The molecule has 6 N–H and O–H groups in total. The van der Waals surface area contributed by atoms with Crippen LogP contribution in [-0.2, 0) is 4.79 Å². The molecule has 0 aromatic heterocycles. The molecule has 0 saturated heterocycles. The van der Waals surface area contributed by atoms with Gasteiger partial charge in [-0.05, 0) is 0 Å². The molecule has 1 fully saturated rings. The third kappa shape index (κ3) is 1.80. The number of hydrogen-bond acceptors (Lipinski definition) is 5. The lowest BCUT2D eigenvalue weighted by Gasteiger charge is -2.38. The van der Waals surface area contributed by atoms with Gasteiger partial charge in [0.15, 0.2) is 0 Å². The molecule has 2 atom stereocenters. The molecule has 0 aromatic rings. The molecule has 13 heavy (non-hydrogen) atoms. The maximum absolute atomic E-state index is 10.7. The molecule has 0 aliphatic heterocycles. The van der Waals surface area contributed by atoms with Crippen LogP contribution in [0.5, 0.6) is 0 Å². The lowest BCUT2D eigenvalue weighted by atomic mass is 9.79. The van der Waals surface area contributed by atoms with E-state index in [-0.39, 0.29) is 12.8 Å². The highest BCUT2D eigenvalue weighted by Crippen LogP contribution is 2.28. The molecule has 0 heterocycles. The third-order valence-corrected chi connectivity index (χ3v) is 2.34. The SMILES string of the molecule is NC(=O)C1(O)CC(O)C(O)C(O)C1. The summed E-state index contributed by atoms with van der Waals surface area (Å²) in [6.07, 6.45) is -4.69. The summed E-state index contributed by atoms with van der Waals surface area (Å²) in [6, 6.07) is 0. The smallest absolute Gasteiger partial charge is 0.249 e. The Kier molecular flexibility index (Phi) is 2.58. The summed E-state index contributed by atoms with van der Waals surface area (Å²) in [5.41, 5.74) is 2.96. The van der Waals surface area contributed by atoms with Crippen molar-refractivity contribution in [2.24, 2.45) is 5.73 Å². The first-order valence-electron chi connectivity index (χ1n) is 3.93. The zero-order chi connectivity index (χ0) is 10.2. The quantitative estimate of drug-likeness (QED) is 0.304. The first kappa shape index (κ1) is 10.4. The van der Waals surface area contributed by atoms with Gasteiger partial charge in [-0.25, -0.2) is 0 Å². The molecule has 2 unspecified atom stereocenters. The summed E-state index contributed by atoms with van der Waals surface area (Å²) >= 11 is 0. The van der Waals surface area contributed by atoms with E-state index < -0.39 is 29.8 Å². The van der Waals surface area contributed by atoms with Gasteiger partial charge in [-0.1, -0.05) is 0 Å². The van der Waals surface area contributed by atoms with Crippen molar-refractivity contribution in [3.8, 4) is 0 Å². The summed E-state index contributed by atoms with van der Waals surface area (Å²) in [5.74, 6) is -1.00. The van der Waals surface area contributed by atoms with Crippen LogP contribution in [0.25, 0.3) is 0 Å². The second-order valence-electron chi connectivity index (χ2n) is 3.43. The van der Waals surface area contributed by atoms with E-state index >= 15 is 0 Å². The van der Waals surface area contributed by atoms with Gasteiger partial charge in [0.2, 0.25) is 5.91 Å². The topological polar surface area (TPSA) is 124 Å². The van der Waals surface area contributed by atoms with Gasteiger partial charge in [0.05, 0.1) is 12.2 Å². The minimum atomic E-state index is -1.92. The minimum absolute atomic E-state index is 0.347. The molecular weight excluding hydrogens is 178 g/mol. The lowest BCUT2D eigenvalue weighted by Crippen LogP contribution is -2.57. The highest BCUT2D eigenvalue weighted by atomic mass is 16.4. The molecule has 1 amide bonds. The van der Waals surface area contributed by atoms with E-state index in [0.717, 1.165) is 0 Å². The predicted octanol–water partition coefficient (Wildman–Crippen LogP) is -2.92.